The molecule has 3 aromatic heterocycles. The number of hydrogen-bond donors (Lipinski definition) is 0. The number of carbonyl (C=O) groups excluding carboxylic acids is 1. The Kier molecular flexibility index (Phi) is 3.73. The number of carbonyl (C=O) groups is 1. The number of ether oxygens (including phenoxy) is 1. The van der Waals surface area contributed by atoms with Crippen molar-refractivity contribution in [1.82, 2.24) is 29.5 Å². The van der Waals surface area contributed by atoms with Crippen molar-refractivity contribution in [3.05, 3.63) is 42.0 Å². The van der Waals surface area contributed by atoms with Gasteiger partial charge in [-0.1, -0.05) is 0 Å². The van der Waals surface area contributed by atoms with Crippen molar-refractivity contribution in [3.8, 4) is 0 Å². The molecule has 8 heteroatoms. The number of rotatable bonds is 4. The molecule has 0 aromatic carbocycles. The van der Waals surface area contributed by atoms with Gasteiger partial charge in [0.05, 0.1) is 25.2 Å². The SMILES string of the molecule is CCOC(=O)c1cnc(C)nc1Cn1cnc2nccnc21. The minimum Gasteiger partial charge on any atom is -0.462 e. The zero-order valence-corrected chi connectivity index (χ0v) is 12.2. The summed E-state index contributed by atoms with van der Waals surface area (Å²) in [6.45, 7) is 4.16. The second-order valence-corrected chi connectivity index (χ2v) is 4.57. The normalized spacial score (nSPS) is 10.8. The number of aryl methyl sites for hydroxylation is 1. The molecule has 0 radical (unpaired) electrons. The third-order valence-electron chi connectivity index (χ3n) is 3.06. The third-order valence-corrected chi connectivity index (χ3v) is 3.06. The monoisotopic (exact) mass is 298 g/mol. The molecular formula is C14H14N6O2. The highest BCUT2D eigenvalue weighted by atomic mass is 16.5. The quantitative estimate of drug-likeness (QED) is 0.666. The minimum atomic E-state index is -0.437. The van der Waals surface area contributed by atoms with Gasteiger partial charge in [-0.2, -0.15) is 0 Å². The number of hydrogen-bond acceptors (Lipinski definition) is 7. The maximum Gasteiger partial charge on any atom is 0.341 e. The number of imidazole rings is 1. The van der Waals surface area contributed by atoms with Crippen molar-refractivity contribution in [2.75, 3.05) is 6.61 Å². The summed E-state index contributed by atoms with van der Waals surface area (Å²) in [5.41, 5.74) is 2.09. The molecule has 3 heterocycles. The van der Waals surface area contributed by atoms with Crippen LogP contribution < -0.4 is 0 Å². The molecule has 0 aliphatic carbocycles. The van der Waals surface area contributed by atoms with Gasteiger partial charge >= 0.3 is 5.97 Å². The topological polar surface area (TPSA) is 95.7 Å². The average molecular weight is 298 g/mol. The van der Waals surface area contributed by atoms with Crippen LogP contribution >= 0.6 is 0 Å². The van der Waals surface area contributed by atoms with E-state index in [2.05, 4.69) is 24.9 Å². The Labute approximate surface area is 126 Å². The van der Waals surface area contributed by atoms with Crippen LogP contribution in [0.2, 0.25) is 0 Å². The Morgan fingerprint density at radius 3 is 2.86 bits per heavy atom. The van der Waals surface area contributed by atoms with Crippen molar-refractivity contribution in [2.45, 2.75) is 20.4 Å². The predicted molar refractivity (Wildman–Crippen MR) is 77.2 cm³/mol. The van der Waals surface area contributed by atoms with Crippen LogP contribution in [0.5, 0.6) is 0 Å². The van der Waals surface area contributed by atoms with E-state index in [9.17, 15) is 4.79 Å². The first-order chi connectivity index (χ1) is 10.7. The second-order valence-electron chi connectivity index (χ2n) is 4.57. The molecular weight excluding hydrogens is 284 g/mol. The van der Waals surface area contributed by atoms with Crippen LogP contribution in [0.15, 0.2) is 24.9 Å². The van der Waals surface area contributed by atoms with Gasteiger partial charge in [-0.05, 0) is 13.8 Å². The fourth-order valence-corrected chi connectivity index (χ4v) is 2.09. The number of aromatic nitrogens is 6. The van der Waals surface area contributed by atoms with E-state index in [-0.39, 0.29) is 0 Å². The van der Waals surface area contributed by atoms with Crippen molar-refractivity contribution >= 4 is 17.3 Å². The Hall–Kier alpha value is -2.90. The molecule has 3 rings (SSSR count). The maximum atomic E-state index is 12.0. The van der Waals surface area contributed by atoms with Gasteiger partial charge in [0.2, 0.25) is 0 Å². The molecule has 3 aromatic rings. The lowest BCUT2D eigenvalue weighted by Gasteiger charge is -2.09. The molecule has 0 aliphatic heterocycles. The first-order valence-electron chi connectivity index (χ1n) is 6.80. The highest BCUT2D eigenvalue weighted by Gasteiger charge is 2.16. The molecule has 0 bridgehead atoms. The van der Waals surface area contributed by atoms with E-state index < -0.39 is 5.97 Å². The lowest BCUT2D eigenvalue weighted by atomic mass is 10.2. The Balaban J connectivity index is 2.01. The van der Waals surface area contributed by atoms with E-state index in [1.807, 2.05) is 0 Å². The average Bonchev–Trinajstić information content (AvgIpc) is 2.91. The van der Waals surface area contributed by atoms with Gasteiger partial charge in [-0.3, -0.25) is 0 Å². The molecule has 8 nitrogen and oxygen atoms in total. The fourth-order valence-electron chi connectivity index (χ4n) is 2.09. The van der Waals surface area contributed by atoms with Crippen LogP contribution in [-0.2, 0) is 11.3 Å². The molecule has 0 N–H and O–H groups in total. The van der Waals surface area contributed by atoms with Gasteiger partial charge < -0.3 is 9.30 Å². The van der Waals surface area contributed by atoms with Crippen LogP contribution in [0.4, 0.5) is 0 Å². The summed E-state index contributed by atoms with van der Waals surface area (Å²) in [7, 11) is 0. The van der Waals surface area contributed by atoms with E-state index in [0.29, 0.717) is 41.5 Å². The van der Waals surface area contributed by atoms with E-state index in [0.717, 1.165) is 0 Å². The molecule has 112 valence electrons. The van der Waals surface area contributed by atoms with Gasteiger partial charge in [0.1, 0.15) is 11.4 Å². The Morgan fingerprint density at radius 2 is 2.05 bits per heavy atom. The summed E-state index contributed by atoms with van der Waals surface area (Å²) in [6.07, 6.45) is 6.29. The summed E-state index contributed by atoms with van der Waals surface area (Å²) >= 11 is 0. The van der Waals surface area contributed by atoms with Crippen LogP contribution in [-0.4, -0.2) is 42.1 Å². The fraction of sp³-hybridized carbons (Fsp3) is 0.286. The highest BCUT2D eigenvalue weighted by Crippen LogP contribution is 2.13. The van der Waals surface area contributed by atoms with Crippen molar-refractivity contribution < 1.29 is 9.53 Å². The van der Waals surface area contributed by atoms with E-state index in [1.54, 1.807) is 37.1 Å². The van der Waals surface area contributed by atoms with Crippen molar-refractivity contribution in [1.29, 1.82) is 0 Å². The molecule has 0 saturated carbocycles. The van der Waals surface area contributed by atoms with Crippen LogP contribution in [0.1, 0.15) is 28.8 Å². The summed E-state index contributed by atoms with van der Waals surface area (Å²) in [5.74, 6) is 0.145. The molecule has 0 atom stereocenters. The first kappa shape index (κ1) is 14.1. The molecule has 0 amide bonds. The minimum absolute atomic E-state index is 0.297. The summed E-state index contributed by atoms with van der Waals surface area (Å²) in [6, 6.07) is 0. The lowest BCUT2D eigenvalue weighted by Crippen LogP contribution is -2.14. The van der Waals surface area contributed by atoms with Crippen LogP contribution in [0.25, 0.3) is 11.3 Å². The maximum absolute atomic E-state index is 12.0. The highest BCUT2D eigenvalue weighted by molar-refractivity contribution is 5.90. The van der Waals surface area contributed by atoms with E-state index in [4.69, 9.17) is 4.74 Å². The molecule has 0 unspecified atom stereocenters. The van der Waals surface area contributed by atoms with Crippen LogP contribution in [0, 0.1) is 6.92 Å². The Morgan fingerprint density at radius 1 is 1.23 bits per heavy atom. The molecule has 22 heavy (non-hydrogen) atoms. The summed E-state index contributed by atoms with van der Waals surface area (Å²) < 4.78 is 6.83. The van der Waals surface area contributed by atoms with Gasteiger partial charge in [-0.15, -0.1) is 0 Å². The summed E-state index contributed by atoms with van der Waals surface area (Å²) in [4.78, 5) is 33.0. The van der Waals surface area contributed by atoms with Gasteiger partial charge in [0.25, 0.3) is 0 Å². The number of esters is 1. The standard InChI is InChI=1S/C14H14N6O2/c1-3-22-14(21)10-6-17-9(2)19-11(10)7-20-8-18-12-13(20)16-5-4-15-12/h4-6,8H,3,7H2,1-2H3. The molecule has 0 saturated heterocycles. The zero-order chi connectivity index (χ0) is 15.5. The first-order valence-corrected chi connectivity index (χ1v) is 6.80. The largest absolute Gasteiger partial charge is 0.462 e. The van der Waals surface area contributed by atoms with Crippen molar-refractivity contribution in [3.63, 3.8) is 0 Å². The summed E-state index contributed by atoms with van der Waals surface area (Å²) in [5, 5.41) is 0. The number of nitrogens with zero attached hydrogens (tertiary/aromatic N) is 6. The Bertz CT molecular complexity index is 829. The van der Waals surface area contributed by atoms with Gasteiger partial charge in [0, 0.05) is 18.6 Å². The molecule has 0 aliphatic rings. The third kappa shape index (κ3) is 2.62. The second kappa shape index (κ2) is 5.84. The lowest BCUT2D eigenvalue weighted by molar-refractivity contribution is 0.0523. The molecule has 0 spiro atoms. The van der Waals surface area contributed by atoms with Crippen LogP contribution in [0.3, 0.4) is 0 Å². The molecule has 0 fully saturated rings. The smallest absolute Gasteiger partial charge is 0.341 e. The zero-order valence-electron chi connectivity index (χ0n) is 12.2. The number of fused-ring (bicyclic) bond motifs is 1. The van der Waals surface area contributed by atoms with E-state index in [1.165, 1.54) is 6.20 Å². The van der Waals surface area contributed by atoms with Gasteiger partial charge in [0.15, 0.2) is 11.3 Å². The van der Waals surface area contributed by atoms with Gasteiger partial charge in [-0.25, -0.2) is 29.7 Å². The van der Waals surface area contributed by atoms with E-state index >= 15 is 0 Å². The predicted octanol–water partition coefficient (Wildman–Crippen LogP) is 1.15. The van der Waals surface area contributed by atoms with Crippen molar-refractivity contribution in [2.24, 2.45) is 0 Å².